The van der Waals surface area contributed by atoms with E-state index in [0.29, 0.717) is 52.9 Å². The van der Waals surface area contributed by atoms with Crippen molar-refractivity contribution < 1.29 is 28.7 Å². The maximum absolute atomic E-state index is 14.1. The van der Waals surface area contributed by atoms with Crippen LogP contribution in [0.15, 0.2) is 71.3 Å². The predicted molar refractivity (Wildman–Crippen MR) is 230 cm³/mol. The van der Waals surface area contributed by atoms with E-state index in [1.807, 2.05) is 11.0 Å². The number of likely N-dealkylation sites (tertiary alicyclic amines) is 2. The minimum Gasteiger partial charge on any atom is -0.489 e. The van der Waals surface area contributed by atoms with E-state index in [2.05, 4.69) is 73.6 Å². The summed E-state index contributed by atoms with van der Waals surface area (Å²) in [6.45, 7) is 12.5. The molecule has 61 heavy (non-hydrogen) atoms. The van der Waals surface area contributed by atoms with Crippen molar-refractivity contribution >= 4 is 46.6 Å². The van der Waals surface area contributed by atoms with Gasteiger partial charge in [0.1, 0.15) is 23.7 Å². The molecular weight excluding hydrogens is 790 g/mol. The maximum atomic E-state index is 14.1. The van der Waals surface area contributed by atoms with E-state index >= 15 is 0 Å². The summed E-state index contributed by atoms with van der Waals surface area (Å²) < 4.78 is 6.51. The number of allylic oxidation sites excluding steroid dienone is 4. The van der Waals surface area contributed by atoms with Crippen LogP contribution >= 0.6 is 11.6 Å². The number of Topliss-reactive ketones (excluding diaryl/α,β-unsaturated/α-hetero) is 2. The molecule has 2 aromatic carbocycles. The average Bonchev–Trinajstić information content (AvgIpc) is 3.59. The number of halogens is 1. The first-order valence-electron chi connectivity index (χ1n) is 21.5. The molecule has 4 heterocycles. The third-order valence-electron chi connectivity index (χ3n) is 14.0. The highest BCUT2D eigenvalue weighted by Gasteiger charge is 2.67. The van der Waals surface area contributed by atoms with Gasteiger partial charge in [0.15, 0.2) is 5.78 Å². The fourth-order valence-electron chi connectivity index (χ4n) is 11.2. The fourth-order valence-corrected chi connectivity index (χ4v) is 11.4. The molecule has 0 spiro atoms. The summed E-state index contributed by atoms with van der Waals surface area (Å²) in [6, 6.07) is 12.0. The van der Waals surface area contributed by atoms with Crippen LogP contribution < -0.4 is 9.64 Å². The van der Waals surface area contributed by atoms with E-state index in [1.54, 1.807) is 30.3 Å². The minimum absolute atomic E-state index is 0.0537. The highest BCUT2D eigenvalue weighted by Crippen LogP contribution is 2.59. The van der Waals surface area contributed by atoms with Crippen molar-refractivity contribution in [2.24, 2.45) is 16.7 Å². The number of nitriles is 1. The number of rotatable bonds is 6. The van der Waals surface area contributed by atoms with Crippen molar-refractivity contribution in [1.29, 1.82) is 5.26 Å². The predicted octanol–water partition coefficient (Wildman–Crippen LogP) is 6.70. The lowest BCUT2D eigenvalue weighted by molar-refractivity contribution is -0.206. The van der Waals surface area contributed by atoms with E-state index in [9.17, 15) is 29.2 Å². The molecule has 9 rings (SSSR count). The summed E-state index contributed by atoms with van der Waals surface area (Å²) in [5.74, 6) is 6.88. The molecule has 2 aromatic rings. The summed E-state index contributed by atoms with van der Waals surface area (Å²) in [4.78, 5) is 73.7. The first-order chi connectivity index (χ1) is 29.1. The van der Waals surface area contributed by atoms with Crippen LogP contribution in [0.4, 0.5) is 5.69 Å². The molecular formula is C49H50ClN5O6. The number of imide groups is 1. The summed E-state index contributed by atoms with van der Waals surface area (Å²) >= 11 is 6.31. The van der Waals surface area contributed by atoms with Crippen molar-refractivity contribution in [3.8, 4) is 23.7 Å². The van der Waals surface area contributed by atoms with E-state index in [1.165, 1.54) is 0 Å². The largest absolute Gasteiger partial charge is 0.489 e. The number of carbonyl (C=O) groups is 5. The normalized spacial score (nSPS) is 29.0. The highest BCUT2D eigenvalue weighted by molar-refractivity contribution is 6.31. The topological polar surface area (TPSA) is 131 Å². The van der Waals surface area contributed by atoms with Gasteiger partial charge in [0.25, 0.3) is 17.7 Å². The zero-order valence-corrected chi connectivity index (χ0v) is 35.9. The first kappa shape index (κ1) is 40.9. The number of amides is 3. The number of fused-ring (bicyclic) bond motifs is 2. The van der Waals surface area contributed by atoms with E-state index in [0.717, 1.165) is 66.3 Å². The van der Waals surface area contributed by atoms with Crippen LogP contribution in [0.25, 0.3) is 0 Å². The summed E-state index contributed by atoms with van der Waals surface area (Å²) in [7, 11) is 0. The van der Waals surface area contributed by atoms with Crippen LogP contribution in [0.2, 0.25) is 5.02 Å². The standard InChI is InChI=1S/C49H50ClN5O6/c1-48(2)46(49(3,4)47(48)61-36-17-14-31(23-51)40(50)22-36)54-26-32-20-29(8-5-6-10-37(32)43(54)58)12-13-30-24-52(25-30)34-27-53(28-34)33-15-18-38-39(21-33)45(60)55(44(38)59)41-19-16-35(56)9-7-11-42(41)57/h8,10,14-15,17-18,20-22,30,34,41,46-47H,5-7,9,11,16,19,24-28H2,1-4H3/b29-8-,32-20-,37-10+/t41?,46-,47-. The minimum atomic E-state index is -0.890. The Balaban J connectivity index is 0.797. The van der Waals surface area contributed by atoms with E-state index < -0.39 is 17.9 Å². The lowest BCUT2D eigenvalue weighted by atomic mass is 9.49. The molecule has 0 aromatic heterocycles. The summed E-state index contributed by atoms with van der Waals surface area (Å²) in [5, 5.41) is 9.65. The molecule has 12 heteroatoms. The third kappa shape index (κ3) is 7.10. The summed E-state index contributed by atoms with van der Waals surface area (Å²) in [6.07, 6.45) is 9.15. The van der Waals surface area contributed by atoms with Crippen LogP contribution in [-0.2, 0) is 14.4 Å². The van der Waals surface area contributed by atoms with Gasteiger partial charge in [-0.25, -0.2) is 0 Å². The Bertz CT molecular complexity index is 2450. The Morgan fingerprint density at radius 3 is 2.31 bits per heavy atom. The Labute approximate surface area is 362 Å². The number of nitrogens with zero attached hydrogens (tertiary/aromatic N) is 5. The van der Waals surface area contributed by atoms with Crippen molar-refractivity contribution in [3.63, 3.8) is 0 Å². The molecule has 2 saturated carbocycles. The fraction of sp³-hybridized carbons (Fsp3) is 0.469. The molecule has 1 atom stereocenters. The lowest BCUT2D eigenvalue weighted by Gasteiger charge is -2.65. The molecule has 5 fully saturated rings. The van der Waals surface area contributed by atoms with Gasteiger partial charge in [-0.15, -0.1) is 0 Å². The molecule has 11 nitrogen and oxygen atoms in total. The second-order valence-corrected chi connectivity index (χ2v) is 19.3. The molecule has 4 aliphatic heterocycles. The number of ether oxygens (including phenoxy) is 1. The SMILES string of the molecule is CC1(C)[C@H](Oc2ccc(C#N)c(Cl)c2)C(C)(C)[C@H]1N1CC2=C/C(C#CC3CN(C4CN(c5ccc6c(c5)C(=O)N(C5CCC(=O)CCCC5=O)C6=O)C4)C3)=C\CC/C=C\2C1=O. The number of benzene rings is 2. The van der Waals surface area contributed by atoms with Crippen molar-refractivity contribution in [3.05, 3.63) is 93.1 Å². The Hall–Kier alpha value is -5.49. The Morgan fingerprint density at radius 1 is 0.836 bits per heavy atom. The van der Waals surface area contributed by atoms with Gasteiger partial charge >= 0.3 is 0 Å². The molecule has 314 valence electrons. The number of hydrogen-bond donors (Lipinski definition) is 0. The molecule has 3 saturated heterocycles. The Kier molecular flexibility index (Phi) is 10.4. The number of anilines is 1. The maximum Gasteiger partial charge on any atom is 0.262 e. The van der Waals surface area contributed by atoms with Crippen LogP contribution in [-0.4, -0.2) is 101 Å². The zero-order valence-electron chi connectivity index (χ0n) is 35.1. The van der Waals surface area contributed by atoms with Crippen LogP contribution in [0, 0.1) is 39.9 Å². The van der Waals surface area contributed by atoms with E-state index in [4.69, 9.17) is 16.3 Å². The third-order valence-corrected chi connectivity index (χ3v) is 14.3. The molecule has 0 radical (unpaired) electrons. The average molecular weight is 840 g/mol. The second-order valence-electron chi connectivity index (χ2n) is 18.9. The van der Waals surface area contributed by atoms with Gasteiger partial charge < -0.3 is 14.5 Å². The van der Waals surface area contributed by atoms with Crippen LogP contribution in [0.3, 0.4) is 0 Å². The number of ketones is 2. The summed E-state index contributed by atoms with van der Waals surface area (Å²) in [5.41, 5.74) is 3.93. The smallest absolute Gasteiger partial charge is 0.262 e. The van der Waals surface area contributed by atoms with Crippen LogP contribution in [0.1, 0.15) is 98.9 Å². The molecule has 1 unspecified atom stereocenters. The lowest BCUT2D eigenvalue weighted by Crippen LogP contribution is -2.74. The second kappa shape index (κ2) is 15.4. The number of hydrogen-bond acceptors (Lipinski definition) is 9. The molecule has 0 N–H and O–H groups in total. The van der Waals surface area contributed by atoms with Gasteiger partial charge in [-0.2, -0.15) is 5.26 Å². The first-order valence-corrected chi connectivity index (χ1v) is 21.9. The number of carbonyl (C=O) groups excluding carboxylic acids is 5. The van der Waals surface area contributed by atoms with Gasteiger partial charge in [-0.05, 0) is 67.7 Å². The van der Waals surface area contributed by atoms with Crippen molar-refractivity contribution in [1.82, 2.24) is 14.7 Å². The molecule has 3 aliphatic carbocycles. The van der Waals surface area contributed by atoms with Gasteiger partial charge in [-0.1, -0.05) is 63.3 Å². The van der Waals surface area contributed by atoms with Gasteiger partial charge in [0.05, 0.1) is 27.8 Å². The van der Waals surface area contributed by atoms with Gasteiger partial charge in [0, 0.05) is 104 Å². The van der Waals surface area contributed by atoms with Crippen molar-refractivity contribution in [2.75, 3.05) is 37.6 Å². The molecule has 0 bridgehead atoms. The van der Waals surface area contributed by atoms with Crippen LogP contribution in [0.5, 0.6) is 5.75 Å². The highest BCUT2D eigenvalue weighted by atomic mass is 35.5. The van der Waals surface area contributed by atoms with Crippen molar-refractivity contribution in [2.45, 2.75) is 96.9 Å². The molecule has 3 amide bonds. The van der Waals surface area contributed by atoms with Gasteiger partial charge in [0.2, 0.25) is 0 Å². The Morgan fingerprint density at radius 2 is 1.57 bits per heavy atom. The molecule has 7 aliphatic rings. The zero-order chi connectivity index (χ0) is 43.0. The van der Waals surface area contributed by atoms with Gasteiger partial charge in [-0.3, -0.25) is 33.8 Å². The van der Waals surface area contributed by atoms with E-state index in [-0.39, 0.29) is 65.6 Å². The monoisotopic (exact) mass is 839 g/mol. The quantitative estimate of drug-likeness (QED) is 0.231.